The van der Waals surface area contributed by atoms with Crippen molar-refractivity contribution >= 4 is 35.1 Å². The lowest BCUT2D eigenvalue weighted by atomic mass is 10.1. The Morgan fingerprint density at radius 2 is 2.25 bits per heavy atom. The molecule has 86 valence electrons. The molecule has 0 aliphatic carbocycles. The van der Waals surface area contributed by atoms with Crippen LogP contribution in [0.4, 0.5) is 0 Å². The number of nitrogens with zero attached hydrogens (tertiary/aromatic N) is 1. The first-order chi connectivity index (χ1) is 7.43. The molecule has 0 aliphatic rings. The van der Waals surface area contributed by atoms with E-state index in [2.05, 4.69) is 22.7 Å². The molecule has 1 aromatic rings. The highest BCUT2D eigenvalue weighted by Crippen LogP contribution is 2.29. The Labute approximate surface area is 104 Å². The van der Waals surface area contributed by atoms with E-state index in [1.54, 1.807) is 13.0 Å². The number of phenols is 1. The van der Waals surface area contributed by atoms with Gasteiger partial charge < -0.3 is 10.8 Å². The number of benzene rings is 1. The summed E-state index contributed by atoms with van der Waals surface area (Å²) in [7, 11) is 0. The third kappa shape index (κ3) is 2.84. The number of nitrogens with one attached hydrogen (secondary N) is 1. The molecule has 6 heteroatoms. The van der Waals surface area contributed by atoms with Gasteiger partial charge in [-0.1, -0.05) is 11.6 Å². The summed E-state index contributed by atoms with van der Waals surface area (Å²) in [5.74, 6) is 0.118. The van der Waals surface area contributed by atoms with Gasteiger partial charge in [-0.05, 0) is 43.3 Å². The molecule has 0 heterocycles. The topological polar surface area (TPSA) is 70.6 Å². The van der Waals surface area contributed by atoms with E-state index in [1.807, 2.05) is 6.92 Å². The van der Waals surface area contributed by atoms with Gasteiger partial charge in [0.1, 0.15) is 5.75 Å². The molecule has 0 amide bonds. The number of phenolic OH excluding ortho intramolecular Hbond substituents is 1. The fourth-order valence-electron chi connectivity index (χ4n) is 1.28. The summed E-state index contributed by atoms with van der Waals surface area (Å²) in [5, 5.41) is 14.2. The molecule has 0 unspecified atom stereocenters. The number of hydrazone groups is 1. The van der Waals surface area contributed by atoms with E-state index in [-0.39, 0.29) is 10.9 Å². The van der Waals surface area contributed by atoms with E-state index in [1.165, 1.54) is 6.21 Å². The molecule has 16 heavy (non-hydrogen) atoms. The first-order valence-electron chi connectivity index (χ1n) is 4.50. The zero-order valence-electron chi connectivity index (χ0n) is 8.91. The summed E-state index contributed by atoms with van der Waals surface area (Å²) < 4.78 is 0. The van der Waals surface area contributed by atoms with Crippen LogP contribution in [0.3, 0.4) is 0 Å². The second-order valence-corrected chi connectivity index (χ2v) is 4.12. The molecule has 0 atom stereocenters. The summed E-state index contributed by atoms with van der Waals surface area (Å²) >= 11 is 10.6. The maximum absolute atomic E-state index is 9.72. The summed E-state index contributed by atoms with van der Waals surface area (Å²) in [6, 6.07) is 1.58. The smallest absolute Gasteiger partial charge is 0.184 e. The standard InChI is InChI=1S/C10H12ClN3OS/c1-5-3-8(15)7(6(2)9(5)11)4-13-14-10(12)16/h3-4,15H,1-2H3,(H3,12,14,16). The monoisotopic (exact) mass is 257 g/mol. The van der Waals surface area contributed by atoms with Gasteiger partial charge in [-0.25, -0.2) is 0 Å². The SMILES string of the molecule is Cc1cc(O)c(C=NNC(N)=S)c(C)c1Cl. The zero-order valence-corrected chi connectivity index (χ0v) is 10.5. The second kappa shape index (κ2) is 5.14. The molecule has 0 radical (unpaired) electrons. The molecule has 0 bridgehead atoms. The van der Waals surface area contributed by atoms with Gasteiger partial charge in [-0.15, -0.1) is 0 Å². The Morgan fingerprint density at radius 3 is 2.81 bits per heavy atom. The van der Waals surface area contributed by atoms with E-state index in [0.29, 0.717) is 10.6 Å². The van der Waals surface area contributed by atoms with Crippen LogP contribution in [0.25, 0.3) is 0 Å². The summed E-state index contributed by atoms with van der Waals surface area (Å²) in [4.78, 5) is 0. The van der Waals surface area contributed by atoms with Crippen LogP contribution in [0.1, 0.15) is 16.7 Å². The van der Waals surface area contributed by atoms with E-state index in [9.17, 15) is 5.11 Å². The van der Waals surface area contributed by atoms with Crippen molar-refractivity contribution in [2.24, 2.45) is 10.8 Å². The van der Waals surface area contributed by atoms with Crippen LogP contribution >= 0.6 is 23.8 Å². The maximum atomic E-state index is 9.72. The molecule has 4 N–H and O–H groups in total. The Hall–Kier alpha value is -1.33. The molecule has 0 fully saturated rings. The number of thiocarbonyl (C=S) groups is 1. The number of hydrogen-bond donors (Lipinski definition) is 3. The van der Waals surface area contributed by atoms with Gasteiger partial charge in [-0.3, -0.25) is 5.43 Å². The minimum atomic E-state index is 0.0617. The Balaban J connectivity index is 3.09. The number of aromatic hydroxyl groups is 1. The van der Waals surface area contributed by atoms with Gasteiger partial charge >= 0.3 is 0 Å². The molecule has 4 nitrogen and oxygen atoms in total. The number of aryl methyl sites for hydroxylation is 1. The van der Waals surface area contributed by atoms with Crippen molar-refractivity contribution in [1.29, 1.82) is 0 Å². The van der Waals surface area contributed by atoms with Gasteiger partial charge in [0, 0.05) is 10.6 Å². The van der Waals surface area contributed by atoms with Crippen LogP contribution in [0.2, 0.25) is 5.02 Å². The zero-order chi connectivity index (χ0) is 12.3. The van der Waals surface area contributed by atoms with Gasteiger partial charge in [-0.2, -0.15) is 5.10 Å². The normalized spacial score (nSPS) is 10.7. The molecule has 0 spiro atoms. The highest BCUT2D eigenvalue weighted by molar-refractivity contribution is 7.80. The minimum absolute atomic E-state index is 0.0617. The van der Waals surface area contributed by atoms with Crippen LogP contribution in [0.5, 0.6) is 5.75 Å². The van der Waals surface area contributed by atoms with Crippen molar-refractivity contribution in [2.75, 3.05) is 0 Å². The van der Waals surface area contributed by atoms with Crippen LogP contribution < -0.4 is 11.2 Å². The van der Waals surface area contributed by atoms with Crippen LogP contribution in [0, 0.1) is 13.8 Å². The second-order valence-electron chi connectivity index (χ2n) is 3.30. The van der Waals surface area contributed by atoms with Crippen molar-refractivity contribution in [3.05, 3.63) is 27.8 Å². The minimum Gasteiger partial charge on any atom is -0.507 e. The third-order valence-electron chi connectivity index (χ3n) is 2.08. The molecule has 0 aromatic heterocycles. The number of halogens is 1. The van der Waals surface area contributed by atoms with Crippen LogP contribution in [-0.2, 0) is 0 Å². The van der Waals surface area contributed by atoms with E-state index in [4.69, 9.17) is 17.3 Å². The van der Waals surface area contributed by atoms with E-state index < -0.39 is 0 Å². The maximum Gasteiger partial charge on any atom is 0.184 e. The summed E-state index contributed by atoms with van der Waals surface area (Å²) in [6.07, 6.45) is 1.43. The van der Waals surface area contributed by atoms with Gasteiger partial charge in [0.25, 0.3) is 0 Å². The highest BCUT2D eigenvalue weighted by Gasteiger charge is 2.09. The lowest BCUT2D eigenvalue weighted by molar-refractivity contribution is 0.473. The molecule has 0 saturated carbocycles. The van der Waals surface area contributed by atoms with Gasteiger partial charge in [0.15, 0.2) is 5.11 Å². The van der Waals surface area contributed by atoms with Crippen molar-refractivity contribution in [1.82, 2.24) is 5.43 Å². The lowest BCUT2D eigenvalue weighted by Crippen LogP contribution is -2.24. The highest BCUT2D eigenvalue weighted by atomic mass is 35.5. The molecule has 0 saturated heterocycles. The molecular weight excluding hydrogens is 246 g/mol. The predicted molar refractivity (Wildman–Crippen MR) is 70.1 cm³/mol. The number of rotatable bonds is 2. The fraction of sp³-hybridized carbons (Fsp3) is 0.200. The quantitative estimate of drug-likeness (QED) is 0.429. The largest absolute Gasteiger partial charge is 0.507 e. The average Bonchev–Trinajstić information content (AvgIpc) is 2.19. The van der Waals surface area contributed by atoms with Crippen molar-refractivity contribution in [3.63, 3.8) is 0 Å². The van der Waals surface area contributed by atoms with Crippen LogP contribution in [0.15, 0.2) is 11.2 Å². The van der Waals surface area contributed by atoms with Gasteiger partial charge in [0.2, 0.25) is 0 Å². The number of nitrogens with two attached hydrogens (primary N) is 1. The number of hydrogen-bond acceptors (Lipinski definition) is 3. The molecule has 0 aliphatic heterocycles. The Bertz CT molecular complexity index is 460. The van der Waals surface area contributed by atoms with Crippen LogP contribution in [-0.4, -0.2) is 16.4 Å². The first-order valence-corrected chi connectivity index (χ1v) is 5.29. The Kier molecular flexibility index (Phi) is 4.09. The molecule has 1 aromatic carbocycles. The third-order valence-corrected chi connectivity index (χ3v) is 2.75. The first kappa shape index (κ1) is 12.7. The van der Waals surface area contributed by atoms with E-state index in [0.717, 1.165) is 11.1 Å². The van der Waals surface area contributed by atoms with Crippen molar-refractivity contribution < 1.29 is 5.11 Å². The average molecular weight is 258 g/mol. The summed E-state index contributed by atoms with van der Waals surface area (Å²) in [6.45, 7) is 3.63. The molecule has 1 rings (SSSR count). The van der Waals surface area contributed by atoms with Crippen molar-refractivity contribution in [3.8, 4) is 5.75 Å². The summed E-state index contributed by atoms with van der Waals surface area (Å²) in [5.41, 5.74) is 9.73. The fourth-order valence-corrected chi connectivity index (χ4v) is 1.48. The van der Waals surface area contributed by atoms with Gasteiger partial charge in [0.05, 0.1) is 6.21 Å². The molecular formula is C10H12ClN3OS. The van der Waals surface area contributed by atoms with Crippen molar-refractivity contribution in [2.45, 2.75) is 13.8 Å². The lowest BCUT2D eigenvalue weighted by Gasteiger charge is -2.08. The Morgan fingerprint density at radius 1 is 1.62 bits per heavy atom. The predicted octanol–water partition coefficient (Wildman–Crippen LogP) is 1.83. The van der Waals surface area contributed by atoms with E-state index >= 15 is 0 Å².